The fourth-order valence-electron chi connectivity index (χ4n) is 1.96. The van der Waals surface area contributed by atoms with E-state index in [2.05, 4.69) is 11.6 Å². The van der Waals surface area contributed by atoms with Gasteiger partial charge in [0.05, 0.1) is 11.1 Å². The number of hydrogen-bond donors (Lipinski definition) is 0. The van der Waals surface area contributed by atoms with Crippen LogP contribution in [0.5, 0.6) is 0 Å². The SMILES string of the molecule is C=CCn1c(SCC(=O)N(C)C)nc2sc(C)c(C)c2c1=O. The summed E-state index contributed by atoms with van der Waals surface area (Å²) in [5.74, 6) is 0.244. The van der Waals surface area contributed by atoms with Gasteiger partial charge in [-0.3, -0.25) is 14.2 Å². The first-order valence-electron chi connectivity index (χ1n) is 6.81. The lowest BCUT2D eigenvalue weighted by Gasteiger charge is -2.12. The molecule has 0 aliphatic heterocycles. The zero-order chi connectivity index (χ0) is 16.4. The van der Waals surface area contributed by atoms with Crippen LogP contribution in [-0.4, -0.2) is 40.2 Å². The van der Waals surface area contributed by atoms with Crippen molar-refractivity contribution in [3.8, 4) is 0 Å². The van der Waals surface area contributed by atoms with Crippen molar-refractivity contribution >= 4 is 39.2 Å². The lowest BCUT2D eigenvalue weighted by Crippen LogP contribution is -2.26. The number of rotatable bonds is 5. The molecule has 1 amide bonds. The van der Waals surface area contributed by atoms with Gasteiger partial charge < -0.3 is 4.90 Å². The molecule has 0 N–H and O–H groups in total. The first-order chi connectivity index (χ1) is 10.4. The second-order valence-electron chi connectivity index (χ2n) is 5.14. The highest BCUT2D eigenvalue weighted by Gasteiger charge is 2.17. The summed E-state index contributed by atoms with van der Waals surface area (Å²) in [6.07, 6.45) is 1.67. The molecule has 2 rings (SSSR count). The van der Waals surface area contributed by atoms with E-state index in [1.807, 2.05) is 13.8 Å². The maximum atomic E-state index is 12.7. The molecule has 2 aromatic rings. The van der Waals surface area contributed by atoms with Crippen molar-refractivity contribution < 1.29 is 4.79 Å². The molecule has 5 nitrogen and oxygen atoms in total. The Kier molecular flexibility index (Phi) is 5.08. The van der Waals surface area contributed by atoms with E-state index in [4.69, 9.17) is 0 Å². The van der Waals surface area contributed by atoms with Crippen LogP contribution in [0.15, 0.2) is 22.6 Å². The van der Waals surface area contributed by atoms with E-state index >= 15 is 0 Å². The van der Waals surface area contributed by atoms with Gasteiger partial charge in [-0.1, -0.05) is 17.8 Å². The van der Waals surface area contributed by atoms with Crippen LogP contribution in [0.2, 0.25) is 0 Å². The first-order valence-corrected chi connectivity index (χ1v) is 8.61. The van der Waals surface area contributed by atoms with E-state index in [-0.39, 0.29) is 17.2 Å². The highest BCUT2D eigenvalue weighted by atomic mass is 32.2. The van der Waals surface area contributed by atoms with Crippen LogP contribution in [0.4, 0.5) is 0 Å². The zero-order valence-electron chi connectivity index (χ0n) is 13.2. The number of carbonyl (C=O) groups excluding carboxylic acids is 1. The Labute approximate surface area is 137 Å². The number of nitrogens with zero attached hydrogens (tertiary/aromatic N) is 3. The number of aromatic nitrogens is 2. The minimum Gasteiger partial charge on any atom is -0.348 e. The van der Waals surface area contributed by atoms with E-state index in [1.165, 1.54) is 28.0 Å². The van der Waals surface area contributed by atoms with Crippen molar-refractivity contribution in [3.05, 3.63) is 33.4 Å². The van der Waals surface area contributed by atoms with Gasteiger partial charge >= 0.3 is 0 Å². The highest BCUT2D eigenvalue weighted by Crippen LogP contribution is 2.28. The fraction of sp³-hybridized carbons (Fsp3) is 0.400. The van der Waals surface area contributed by atoms with Crippen molar-refractivity contribution in [2.45, 2.75) is 25.5 Å². The number of amides is 1. The van der Waals surface area contributed by atoms with Crippen molar-refractivity contribution in [2.75, 3.05) is 19.8 Å². The minimum absolute atomic E-state index is 0.0111. The van der Waals surface area contributed by atoms with Crippen LogP contribution in [0.1, 0.15) is 10.4 Å². The molecule has 0 spiro atoms. The van der Waals surface area contributed by atoms with Crippen LogP contribution in [-0.2, 0) is 11.3 Å². The number of fused-ring (bicyclic) bond motifs is 1. The Bertz CT molecular complexity index is 790. The van der Waals surface area contributed by atoms with Crippen LogP contribution in [0.25, 0.3) is 10.2 Å². The van der Waals surface area contributed by atoms with Gasteiger partial charge in [-0.05, 0) is 19.4 Å². The van der Waals surface area contributed by atoms with Gasteiger partial charge in [0.2, 0.25) is 5.91 Å². The molecule has 118 valence electrons. The average Bonchev–Trinajstić information content (AvgIpc) is 2.75. The number of hydrogen-bond acceptors (Lipinski definition) is 5. The first kappa shape index (κ1) is 16.8. The standard InChI is InChI=1S/C15H19N3O2S2/c1-6-7-18-14(20)12-9(2)10(3)22-13(12)16-15(18)21-8-11(19)17(4)5/h6H,1,7-8H2,2-5H3. The maximum absolute atomic E-state index is 12.7. The van der Waals surface area contributed by atoms with Gasteiger partial charge in [0.15, 0.2) is 5.16 Å². The summed E-state index contributed by atoms with van der Waals surface area (Å²) < 4.78 is 1.59. The second kappa shape index (κ2) is 6.66. The van der Waals surface area contributed by atoms with Crippen molar-refractivity contribution in [2.24, 2.45) is 0 Å². The largest absolute Gasteiger partial charge is 0.348 e. The number of thiophene rings is 1. The molecule has 2 aromatic heterocycles. The Morgan fingerprint density at radius 3 is 2.73 bits per heavy atom. The molecule has 2 heterocycles. The summed E-state index contributed by atoms with van der Waals surface area (Å²) in [4.78, 5) is 32.4. The summed E-state index contributed by atoms with van der Waals surface area (Å²) in [6, 6.07) is 0. The average molecular weight is 337 g/mol. The van der Waals surface area contributed by atoms with Crippen molar-refractivity contribution in [1.82, 2.24) is 14.5 Å². The predicted octanol–water partition coefficient (Wildman–Crippen LogP) is 2.44. The molecule has 0 saturated heterocycles. The number of carbonyl (C=O) groups is 1. The van der Waals surface area contributed by atoms with Crippen LogP contribution >= 0.6 is 23.1 Å². The maximum Gasteiger partial charge on any atom is 0.263 e. The molecule has 7 heteroatoms. The number of thioether (sulfide) groups is 1. The normalized spacial score (nSPS) is 10.9. The molecule has 0 aliphatic rings. The summed E-state index contributed by atoms with van der Waals surface area (Å²) >= 11 is 2.80. The molecule has 0 unspecified atom stereocenters. The topological polar surface area (TPSA) is 55.2 Å². The van der Waals surface area contributed by atoms with E-state index < -0.39 is 0 Å². The Hall–Kier alpha value is -1.60. The Balaban J connectivity index is 2.52. The van der Waals surface area contributed by atoms with Gasteiger partial charge in [-0.15, -0.1) is 17.9 Å². The Morgan fingerprint density at radius 2 is 2.14 bits per heavy atom. The van der Waals surface area contributed by atoms with E-state index in [0.29, 0.717) is 17.1 Å². The lowest BCUT2D eigenvalue weighted by atomic mass is 10.2. The molecular formula is C15H19N3O2S2. The number of allylic oxidation sites excluding steroid dienone is 1. The molecular weight excluding hydrogens is 318 g/mol. The third-order valence-electron chi connectivity index (χ3n) is 3.39. The van der Waals surface area contributed by atoms with Crippen LogP contribution < -0.4 is 5.56 Å². The van der Waals surface area contributed by atoms with Crippen LogP contribution in [0.3, 0.4) is 0 Å². The highest BCUT2D eigenvalue weighted by molar-refractivity contribution is 7.99. The molecule has 0 aromatic carbocycles. The van der Waals surface area contributed by atoms with Crippen molar-refractivity contribution in [1.29, 1.82) is 0 Å². The fourth-order valence-corrected chi connectivity index (χ4v) is 4.02. The molecule has 0 bridgehead atoms. The molecule has 0 aliphatic carbocycles. The van der Waals surface area contributed by atoms with E-state index in [9.17, 15) is 9.59 Å². The monoisotopic (exact) mass is 337 g/mol. The van der Waals surface area contributed by atoms with Gasteiger partial charge in [-0.2, -0.15) is 0 Å². The zero-order valence-corrected chi connectivity index (χ0v) is 14.8. The Morgan fingerprint density at radius 1 is 1.45 bits per heavy atom. The third kappa shape index (κ3) is 3.10. The summed E-state index contributed by atoms with van der Waals surface area (Å²) in [6.45, 7) is 8.01. The summed E-state index contributed by atoms with van der Waals surface area (Å²) in [5.41, 5.74) is 0.919. The molecule has 0 atom stereocenters. The van der Waals surface area contributed by atoms with Gasteiger partial charge in [0.25, 0.3) is 5.56 Å². The van der Waals surface area contributed by atoms with Crippen molar-refractivity contribution in [3.63, 3.8) is 0 Å². The minimum atomic E-state index is -0.0634. The van der Waals surface area contributed by atoms with Gasteiger partial charge in [-0.25, -0.2) is 4.98 Å². The summed E-state index contributed by atoms with van der Waals surface area (Å²) in [7, 11) is 3.42. The third-order valence-corrected chi connectivity index (χ3v) is 5.45. The molecule has 0 radical (unpaired) electrons. The summed E-state index contributed by atoms with van der Waals surface area (Å²) in [5, 5.41) is 1.24. The smallest absolute Gasteiger partial charge is 0.263 e. The quantitative estimate of drug-likeness (QED) is 0.478. The second-order valence-corrected chi connectivity index (χ2v) is 7.28. The van der Waals surface area contributed by atoms with Gasteiger partial charge in [0, 0.05) is 25.5 Å². The lowest BCUT2D eigenvalue weighted by molar-refractivity contribution is -0.125. The molecule has 22 heavy (non-hydrogen) atoms. The van der Waals surface area contributed by atoms with Crippen LogP contribution in [0, 0.1) is 13.8 Å². The number of aryl methyl sites for hydroxylation is 2. The van der Waals surface area contributed by atoms with E-state index in [0.717, 1.165) is 15.3 Å². The van der Waals surface area contributed by atoms with Gasteiger partial charge in [0.1, 0.15) is 4.83 Å². The van der Waals surface area contributed by atoms with E-state index in [1.54, 1.807) is 24.7 Å². The molecule has 0 saturated carbocycles. The molecule has 0 fully saturated rings. The predicted molar refractivity (Wildman–Crippen MR) is 93.0 cm³/mol.